The van der Waals surface area contributed by atoms with E-state index in [-0.39, 0.29) is 40.7 Å². The van der Waals surface area contributed by atoms with E-state index in [1.807, 2.05) is 11.5 Å². The minimum Gasteiger partial charge on any atom is -0.484 e. The topological polar surface area (TPSA) is 65.4 Å². The predicted molar refractivity (Wildman–Crippen MR) is 97.4 cm³/mol. The van der Waals surface area contributed by atoms with E-state index >= 15 is 0 Å². The lowest BCUT2D eigenvalue weighted by molar-refractivity contribution is 0.0921. The number of Topliss-reactive ketones (excluding diaryl/α,β-unsaturated/α-hetero) is 1. The normalized spacial score (nSPS) is 18.8. The van der Waals surface area contributed by atoms with Crippen LogP contribution in [0.5, 0.6) is 5.75 Å². The molecule has 2 heterocycles. The van der Waals surface area contributed by atoms with Crippen LogP contribution in [0.4, 0.5) is 4.39 Å². The Morgan fingerprint density at radius 2 is 2.08 bits per heavy atom. The van der Waals surface area contributed by atoms with E-state index in [0.29, 0.717) is 12.0 Å². The largest absolute Gasteiger partial charge is 0.484 e. The molecule has 8 heteroatoms. The molecule has 0 spiro atoms. The summed E-state index contributed by atoms with van der Waals surface area (Å²) < 4.78 is 43.9. The minimum absolute atomic E-state index is 0.0959. The van der Waals surface area contributed by atoms with Crippen molar-refractivity contribution in [3.8, 4) is 5.75 Å². The van der Waals surface area contributed by atoms with Crippen molar-refractivity contribution in [1.82, 2.24) is 4.57 Å². The first kappa shape index (κ1) is 18.9. The molecule has 1 atom stereocenters. The van der Waals surface area contributed by atoms with E-state index in [0.717, 1.165) is 17.5 Å². The predicted octanol–water partition coefficient (Wildman–Crippen LogP) is 3.52. The lowest BCUT2D eigenvalue weighted by atomic mass is 10.1. The third-order valence-electron chi connectivity index (χ3n) is 4.61. The molecule has 1 saturated heterocycles. The highest BCUT2D eigenvalue weighted by molar-refractivity contribution is 7.91. The first-order valence-corrected chi connectivity index (χ1v) is 10.4. The zero-order chi connectivity index (χ0) is 19.1. The highest BCUT2D eigenvalue weighted by Gasteiger charge is 2.31. The second-order valence-corrected chi connectivity index (χ2v) is 9.13. The highest BCUT2D eigenvalue weighted by Crippen LogP contribution is 2.30. The average Bonchev–Trinajstić information content (AvgIpc) is 3.05. The maximum absolute atomic E-state index is 13.1. The van der Waals surface area contributed by atoms with Gasteiger partial charge in [0.2, 0.25) is 5.78 Å². The fourth-order valence-corrected chi connectivity index (χ4v) is 5.34. The minimum atomic E-state index is -3.02. The van der Waals surface area contributed by atoms with Crippen molar-refractivity contribution in [3.05, 3.63) is 52.1 Å². The summed E-state index contributed by atoms with van der Waals surface area (Å²) in [5, 5.41) is 0.0967. The SMILES string of the molecule is Cc1cc(C(=O)COc2ccc(F)cc2Cl)c(C)n1[C@@H]1CCS(=O)(=O)C1. The molecular formula is C18H19ClFNO4S. The van der Waals surface area contributed by atoms with E-state index in [4.69, 9.17) is 16.3 Å². The van der Waals surface area contributed by atoms with Gasteiger partial charge >= 0.3 is 0 Å². The fourth-order valence-electron chi connectivity index (χ4n) is 3.41. The van der Waals surface area contributed by atoms with Crippen molar-refractivity contribution < 1.29 is 22.3 Å². The molecule has 0 amide bonds. The van der Waals surface area contributed by atoms with Gasteiger partial charge in [0.25, 0.3) is 0 Å². The molecule has 1 aliphatic rings. The van der Waals surface area contributed by atoms with E-state index in [9.17, 15) is 17.6 Å². The number of halogens is 2. The van der Waals surface area contributed by atoms with Crippen LogP contribution in [0.15, 0.2) is 24.3 Å². The summed E-state index contributed by atoms with van der Waals surface area (Å²) >= 11 is 5.90. The molecule has 140 valence electrons. The fraction of sp³-hybridized carbons (Fsp3) is 0.389. The molecule has 0 radical (unpaired) electrons. The smallest absolute Gasteiger partial charge is 0.202 e. The number of carbonyl (C=O) groups excluding carboxylic acids is 1. The van der Waals surface area contributed by atoms with Gasteiger partial charge in [-0.1, -0.05) is 11.6 Å². The molecular weight excluding hydrogens is 381 g/mol. The molecule has 5 nitrogen and oxygen atoms in total. The van der Waals surface area contributed by atoms with Crippen LogP contribution in [0.3, 0.4) is 0 Å². The van der Waals surface area contributed by atoms with Gasteiger partial charge in [0.05, 0.1) is 16.5 Å². The lowest BCUT2D eigenvalue weighted by Gasteiger charge is -2.16. The lowest BCUT2D eigenvalue weighted by Crippen LogP contribution is -2.16. The molecule has 0 bridgehead atoms. The van der Waals surface area contributed by atoms with Crippen LogP contribution in [0, 0.1) is 19.7 Å². The molecule has 26 heavy (non-hydrogen) atoms. The van der Waals surface area contributed by atoms with Gasteiger partial charge in [-0.2, -0.15) is 0 Å². The third kappa shape index (κ3) is 3.78. The van der Waals surface area contributed by atoms with Crippen LogP contribution in [0.25, 0.3) is 0 Å². The zero-order valence-electron chi connectivity index (χ0n) is 14.5. The van der Waals surface area contributed by atoms with Crippen LogP contribution in [0.2, 0.25) is 5.02 Å². The summed E-state index contributed by atoms with van der Waals surface area (Å²) in [4.78, 5) is 12.6. The summed E-state index contributed by atoms with van der Waals surface area (Å²) in [7, 11) is -3.02. The van der Waals surface area contributed by atoms with Gasteiger partial charge in [-0.3, -0.25) is 4.79 Å². The second kappa shape index (κ2) is 7.04. The van der Waals surface area contributed by atoms with E-state index < -0.39 is 15.7 Å². The number of aryl methyl sites for hydroxylation is 1. The van der Waals surface area contributed by atoms with Crippen molar-refractivity contribution in [1.29, 1.82) is 0 Å². The molecule has 0 saturated carbocycles. The summed E-state index contributed by atoms with van der Waals surface area (Å²) in [6.07, 6.45) is 0.550. The van der Waals surface area contributed by atoms with Crippen molar-refractivity contribution >= 4 is 27.2 Å². The number of hydrogen-bond donors (Lipinski definition) is 0. The molecule has 0 unspecified atom stereocenters. The molecule has 1 aromatic carbocycles. The van der Waals surface area contributed by atoms with Crippen LogP contribution < -0.4 is 4.74 Å². The van der Waals surface area contributed by atoms with Gasteiger partial charge in [0, 0.05) is 23.0 Å². The number of benzene rings is 1. The highest BCUT2D eigenvalue weighted by atomic mass is 35.5. The number of carbonyl (C=O) groups is 1. The van der Waals surface area contributed by atoms with Gasteiger partial charge in [-0.05, 0) is 44.5 Å². The summed E-state index contributed by atoms with van der Waals surface area (Å²) in [6, 6.07) is 5.30. The molecule has 2 aromatic rings. The Kier molecular flexibility index (Phi) is 5.12. The van der Waals surface area contributed by atoms with Gasteiger partial charge < -0.3 is 9.30 Å². The Hall–Kier alpha value is -1.86. The first-order chi connectivity index (χ1) is 12.2. The van der Waals surface area contributed by atoms with Gasteiger partial charge in [0.15, 0.2) is 16.4 Å². The Balaban J connectivity index is 1.77. The third-order valence-corrected chi connectivity index (χ3v) is 6.66. The number of hydrogen-bond acceptors (Lipinski definition) is 4. The molecule has 1 fully saturated rings. The molecule has 0 aliphatic carbocycles. The maximum atomic E-state index is 13.1. The monoisotopic (exact) mass is 399 g/mol. The van der Waals surface area contributed by atoms with Crippen LogP contribution in [-0.2, 0) is 9.84 Å². The van der Waals surface area contributed by atoms with Crippen molar-refractivity contribution in [2.75, 3.05) is 18.1 Å². The van der Waals surface area contributed by atoms with Gasteiger partial charge in [-0.25, -0.2) is 12.8 Å². The van der Waals surface area contributed by atoms with Crippen molar-refractivity contribution in [2.45, 2.75) is 26.3 Å². The Morgan fingerprint density at radius 1 is 1.35 bits per heavy atom. The van der Waals surface area contributed by atoms with Crippen molar-refractivity contribution in [3.63, 3.8) is 0 Å². The Labute approximate surface area is 156 Å². The quantitative estimate of drug-likeness (QED) is 0.721. The van der Waals surface area contributed by atoms with E-state index in [1.54, 1.807) is 13.0 Å². The molecule has 3 rings (SSSR count). The van der Waals surface area contributed by atoms with Crippen LogP contribution in [0.1, 0.15) is 34.2 Å². The number of ketones is 1. The maximum Gasteiger partial charge on any atom is 0.202 e. The van der Waals surface area contributed by atoms with Crippen LogP contribution >= 0.6 is 11.6 Å². The second-order valence-electron chi connectivity index (χ2n) is 6.50. The van der Waals surface area contributed by atoms with Crippen molar-refractivity contribution in [2.24, 2.45) is 0 Å². The number of rotatable bonds is 5. The number of sulfone groups is 1. The van der Waals surface area contributed by atoms with E-state index in [2.05, 4.69) is 0 Å². The number of ether oxygens (including phenoxy) is 1. The number of aromatic nitrogens is 1. The molecule has 0 N–H and O–H groups in total. The summed E-state index contributed by atoms with van der Waals surface area (Å²) in [5.41, 5.74) is 2.06. The molecule has 1 aliphatic heterocycles. The summed E-state index contributed by atoms with van der Waals surface area (Å²) in [5.74, 6) is -0.227. The molecule has 1 aromatic heterocycles. The van der Waals surface area contributed by atoms with Gasteiger partial charge in [0.1, 0.15) is 11.6 Å². The standard InChI is InChI=1S/C18H19ClFNO4S/c1-11-7-15(12(2)21(11)14-5-6-26(23,24)10-14)17(22)9-25-18-4-3-13(20)8-16(18)19/h3-4,7-8,14H,5-6,9-10H2,1-2H3/t14-/m1/s1. The number of nitrogens with zero attached hydrogens (tertiary/aromatic N) is 1. The van der Waals surface area contributed by atoms with E-state index in [1.165, 1.54) is 12.1 Å². The average molecular weight is 400 g/mol. The zero-order valence-corrected chi connectivity index (χ0v) is 16.0. The van der Waals surface area contributed by atoms with Crippen LogP contribution in [-0.4, -0.2) is 36.9 Å². The Morgan fingerprint density at radius 3 is 2.69 bits per heavy atom. The Bertz CT molecular complexity index is 968. The summed E-state index contributed by atoms with van der Waals surface area (Å²) in [6.45, 7) is 3.42. The first-order valence-electron chi connectivity index (χ1n) is 8.18. The van der Waals surface area contributed by atoms with Gasteiger partial charge in [-0.15, -0.1) is 0 Å².